The fraction of sp³-hybridized carbons (Fsp3) is 0.417. The number of aryl methyl sites for hydroxylation is 1. The summed E-state index contributed by atoms with van der Waals surface area (Å²) in [7, 11) is -3.99. The fourth-order valence-corrected chi connectivity index (χ4v) is 6.37. The number of nitrogens with one attached hydrogen (secondary N) is 1. The van der Waals surface area contributed by atoms with Crippen LogP contribution in [0.2, 0.25) is 0 Å². The number of fused-ring (bicyclic) bond motifs is 4. The molecule has 3 heterocycles. The third-order valence-corrected chi connectivity index (χ3v) is 8.05. The van der Waals surface area contributed by atoms with Crippen LogP contribution in [0.15, 0.2) is 36.4 Å². The maximum absolute atomic E-state index is 11.6. The number of imidazole rings is 1. The molecule has 2 aromatic heterocycles. The topological polar surface area (TPSA) is 129 Å². The number of H-pyrrole nitrogens is 1. The maximum Gasteiger partial charge on any atom is 0.333 e. The summed E-state index contributed by atoms with van der Waals surface area (Å²) < 4.78 is 39.6. The van der Waals surface area contributed by atoms with Crippen LogP contribution in [-0.2, 0) is 19.9 Å². The largest absolute Gasteiger partial charge is 0.454 e. The summed E-state index contributed by atoms with van der Waals surface area (Å²) in [4.78, 5) is 13.5. The first-order valence-corrected chi connectivity index (χ1v) is 12.9. The smallest absolute Gasteiger partial charge is 0.333 e. The van der Waals surface area contributed by atoms with E-state index in [1.54, 1.807) is 0 Å². The molecule has 0 spiro atoms. The van der Waals surface area contributed by atoms with Crippen LogP contribution in [0.3, 0.4) is 0 Å². The molecule has 10 heteroatoms. The van der Waals surface area contributed by atoms with Gasteiger partial charge in [-0.2, -0.15) is 8.42 Å². The minimum Gasteiger partial charge on any atom is -0.454 e. The van der Waals surface area contributed by atoms with E-state index < -0.39 is 15.9 Å². The van der Waals surface area contributed by atoms with Crippen molar-refractivity contribution in [1.29, 1.82) is 0 Å². The summed E-state index contributed by atoms with van der Waals surface area (Å²) in [6.45, 7) is 2.18. The van der Waals surface area contributed by atoms with Gasteiger partial charge in [-0.15, -0.1) is 0 Å². The van der Waals surface area contributed by atoms with Crippen LogP contribution < -0.4 is 14.6 Å². The molecule has 9 nitrogen and oxygen atoms in total. The van der Waals surface area contributed by atoms with Gasteiger partial charge < -0.3 is 14.5 Å². The van der Waals surface area contributed by atoms with Gasteiger partial charge in [-0.05, 0) is 75.8 Å². The lowest BCUT2D eigenvalue weighted by molar-refractivity contribution is -0.0429. The molecular formula is C24H26N4O5S. The van der Waals surface area contributed by atoms with Crippen LogP contribution in [0.25, 0.3) is 22.6 Å². The maximum atomic E-state index is 11.6. The Bertz CT molecular complexity index is 1360. The van der Waals surface area contributed by atoms with Crippen LogP contribution in [0.4, 0.5) is 0 Å². The number of pyridine rings is 1. The second-order valence-electron chi connectivity index (χ2n) is 9.58. The first kappa shape index (κ1) is 21.6. The summed E-state index contributed by atoms with van der Waals surface area (Å²) in [5.74, 6) is 2.32. The molecule has 7 rings (SSSR count). The average molecular weight is 483 g/mol. The lowest BCUT2D eigenvalue weighted by Gasteiger charge is -2.51. The Balaban J connectivity index is 1.41. The highest BCUT2D eigenvalue weighted by Crippen LogP contribution is 2.55. The Hall–Kier alpha value is -2.95. The monoisotopic (exact) mass is 482 g/mol. The predicted octanol–water partition coefficient (Wildman–Crippen LogP) is 3.74. The molecule has 4 aliphatic rings. The van der Waals surface area contributed by atoms with Crippen molar-refractivity contribution < 1.29 is 22.1 Å². The van der Waals surface area contributed by atoms with Crippen molar-refractivity contribution in [2.45, 2.75) is 56.5 Å². The number of nitrogens with two attached hydrogens (primary N) is 1. The van der Waals surface area contributed by atoms with Crippen molar-refractivity contribution in [3.05, 3.63) is 47.9 Å². The molecule has 3 N–H and O–H groups in total. The van der Waals surface area contributed by atoms with E-state index in [-0.39, 0.29) is 12.2 Å². The molecule has 1 aliphatic heterocycles. The molecule has 34 heavy (non-hydrogen) atoms. The Morgan fingerprint density at radius 1 is 1.00 bits per heavy atom. The van der Waals surface area contributed by atoms with Gasteiger partial charge >= 0.3 is 10.3 Å². The Morgan fingerprint density at radius 3 is 2.44 bits per heavy atom. The van der Waals surface area contributed by atoms with E-state index in [4.69, 9.17) is 28.8 Å². The fourth-order valence-electron chi connectivity index (χ4n) is 5.62. The molecule has 1 aromatic carbocycles. The number of hydrogen-bond acceptors (Lipinski definition) is 7. The van der Waals surface area contributed by atoms with Gasteiger partial charge in [0.15, 0.2) is 11.5 Å². The molecule has 0 amide bonds. The molecule has 3 fully saturated rings. The highest BCUT2D eigenvalue weighted by atomic mass is 32.2. The van der Waals surface area contributed by atoms with E-state index in [0.29, 0.717) is 25.0 Å². The van der Waals surface area contributed by atoms with Crippen molar-refractivity contribution in [1.82, 2.24) is 15.0 Å². The first-order valence-electron chi connectivity index (χ1n) is 11.4. The summed E-state index contributed by atoms with van der Waals surface area (Å²) in [5, 5.41) is 5.20. The molecule has 3 saturated carbocycles. The van der Waals surface area contributed by atoms with E-state index in [9.17, 15) is 8.42 Å². The van der Waals surface area contributed by atoms with E-state index in [1.807, 2.05) is 43.3 Å². The van der Waals surface area contributed by atoms with Crippen molar-refractivity contribution in [3.8, 4) is 34.1 Å². The van der Waals surface area contributed by atoms with E-state index >= 15 is 0 Å². The molecule has 0 atom stereocenters. The van der Waals surface area contributed by atoms with Crippen LogP contribution in [0.1, 0.15) is 50.0 Å². The van der Waals surface area contributed by atoms with Gasteiger partial charge in [0, 0.05) is 16.7 Å². The number of nitrogens with zero attached hydrogens (tertiary/aromatic N) is 2. The predicted molar refractivity (Wildman–Crippen MR) is 124 cm³/mol. The normalized spacial score (nSPS) is 25.6. The Morgan fingerprint density at radius 2 is 1.74 bits per heavy atom. The van der Waals surface area contributed by atoms with E-state index in [0.717, 1.165) is 59.2 Å². The van der Waals surface area contributed by atoms with Gasteiger partial charge in [-0.25, -0.2) is 10.1 Å². The molecule has 3 aromatic rings. The van der Waals surface area contributed by atoms with Gasteiger partial charge in [-0.3, -0.25) is 9.17 Å². The minimum atomic E-state index is -3.99. The second kappa shape index (κ2) is 7.53. The number of benzene rings is 1. The van der Waals surface area contributed by atoms with E-state index in [2.05, 4.69) is 4.98 Å². The number of aromatic amines is 1. The highest BCUT2D eigenvalue weighted by molar-refractivity contribution is 7.84. The third-order valence-electron chi connectivity index (χ3n) is 7.47. The molecule has 0 unspecified atom stereocenters. The summed E-state index contributed by atoms with van der Waals surface area (Å²) in [5.41, 5.74) is 3.46. The van der Waals surface area contributed by atoms with Crippen molar-refractivity contribution in [2.75, 3.05) is 6.79 Å². The first-order chi connectivity index (χ1) is 16.2. The summed E-state index contributed by atoms with van der Waals surface area (Å²) in [6.07, 6.45) is 4.20. The van der Waals surface area contributed by atoms with Crippen molar-refractivity contribution in [2.24, 2.45) is 5.14 Å². The molecule has 3 aliphatic carbocycles. The number of aromatic nitrogens is 3. The summed E-state index contributed by atoms with van der Waals surface area (Å²) >= 11 is 0. The molecule has 178 valence electrons. The Labute approximate surface area is 197 Å². The highest BCUT2D eigenvalue weighted by Gasteiger charge is 2.53. The summed E-state index contributed by atoms with van der Waals surface area (Å²) in [6, 6.07) is 11.8. The molecule has 0 saturated heterocycles. The number of hydrogen-bond donors (Lipinski definition) is 2. The quantitative estimate of drug-likeness (QED) is 0.567. The SMILES string of the molecule is Cc1cccc(-c2[nH]c(C34CCC(OS(N)(=O)=O)(CC3)CC4)nc2-c2ccc3c(c2)OCO3)n1. The Kier molecular flexibility index (Phi) is 4.78. The lowest BCUT2D eigenvalue weighted by Crippen LogP contribution is -2.51. The van der Waals surface area contributed by atoms with Gasteiger partial charge in [0.25, 0.3) is 0 Å². The third kappa shape index (κ3) is 3.66. The van der Waals surface area contributed by atoms with Crippen LogP contribution in [-0.4, -0.2) is 35.8 Å². The van der Waals surface area contributed by atoms with Crippen molar-refractivity contribution >= 4 is 10.3 Å². The van der Waals surface area contributed by atoms with Crippen molar-refractivity contribution in [3.63, 3.8) is 0 Å². The van der Waals surface area contributed by atoms with E-state index in [1.165, 1.54) is 0 Å². The standard InChI is InChI=1S/C24H26N4O5S/c1-15-3-2-4-17(26-15)21-20(16-5-6-18-19(13-16)32-14-31-18)27-22(28-21)23-7-10-24(11-8-23,12-9-23)33-34(25,29)30/h2-6,13H,7-12,14H2,1H3,(H,27,28)(H2,25,29,30). The second-order valence-corrected chi connectivity index (χ2v) is 10.7. The molecular weight excluding hydrogens is 456 g/mol. The molecule has 0 radical (unpaired) electrons. The lowest BCUT2D eigenvalue weighted by atomic mass is 9.58. The zero-order valence-corrected chi connectivity index (χ0v) is 19.7. The van der Waals surface area contributed by atoms with Crippen LogP contribution in [0.5, 0.6) is 11.5 Å². The zero-order chi connectivity index (χ0) is 23.6. The van der Waals surface area contributed by atoms with Gasteiger partial charge in [-0.1, -0.05) is 6.07 Å². The zero-order valence-electron chi connectivity index (χ0n) is 18.8. The minimum absolute atomic E-state index is 0.170. The number of ether oxygens (including phenoxy) is 2. The van der Waals surface area contributed by atoms with Gasteiger partial charge in [0.1, 0.15) is 5.82 Å². The van der Waals surface area contributed by atoms with Gasteiger partial charge in [0.05, 0.1) is 22.7 Å². The molecule has 2 bridgehead atoms. The van der Waals surface area contributed by atoms with Crippen LogP contribution in [0, 0.1) is 6.92 Å². The number of rotatable bonds is 5. The van der Waals surface area contributed by atoms with Crippen LogP contribution >= 0.6 is 0 Å². The van der Waals surface area contributed by atoms with Gasteiger partial charge in [0.2, 0.25) is 6.79 Å². The average Bonchev–Trinajstić information content (AvgIpc) is 3.46.